The Morgan fingerprint density at radius 3 is 2.80 bits per heavy atom. The van der Waals surface area contributed by atoms with Crippen LogP contribution in [0, 0.1) is 6.92 Å². The summed E-state index contributed by atoms with van der Waals surface area (Å²) >= 11 is 3.47. The predicted molar refractivity (Wildman–Crippen MR) is 81.2 cm³/mol. The van der Waals surface area contributed by atoms with Crippen molar-refractivity contribution in [2.45, 2.75) is 20.0 Å². The molecular weight excluding hydrogens is 320 g/mol. The Labute approximate surface area is 126 Å². The zero-order valence-corrected chi connectivity index (χ0v) is 13.1. The number of benzene rings is 1. The van der Waals surface area contributed by atoms with E-state index in [1.165, 1.54) is 5.56 Å². The maximum atomic E-state index is 11.7. The van der Waals surface area contributed by atoms with E-state index >= 15 is 0 Å². The Balaban J connectivity index is 1.81. The molecular formula is C14H17BrN4O. The van der Waals surface area contributed by atoms with Crippen molar-refractivity contribution < 1.29 is 4.79 Å². The number of hydrogen-bond acceptors (Lipinski definition) is 2. The molecule has 0 aliphatic heterocycles. The van der Waals surface area contributed by atoms with Gasteiger partial charge in [0.25, 0.3) is 0 Å². The predicted octanol–water partition coefficient (Wildman–Crippen LogP) is 2.49. The maximum Gasteiger partial charge on any atom is 0.315 e. The van der Waals surface area contributed by atoms with Crippen molar-refractivity contribution in [3.63, 3.8) is 0 Å². The zero-order chi connectivity index (χ0) is 14.5. The number of halogens is 1. The van der Waals surface area contributed by atoms with Gasteiger partial charge in [-0.1, -0.05) is 33.6 Å². The number of amides is 2. The summed E-state index contributed by atoms with van der Waals surface area (Å²) in [6.07, 6.45) is 3.58. The van der Waals surface area contributed by atoms with E-state index in [-0.39, 0.29) is 6.03 Å². The van der Waals surface area contributed by atoms with Crippen molar-refractivity contribution in [3.05, 3.63) is 52.0 Å². The van der Waals surface area contributed by atoms with Gasteiger partial charge in [0.05, 0.1) is 18.6 Å². The summed E-state index contributed by atoms with van der Waals surface area (Å²) < 4.78 is 2.84. The summed E-state index contributed by atoms with van der Waals surface area (Å²) in [7, 11) is 1.89. The molecule has 0 unspecified atom stereocenters. The second-order valence-corrected chi connectivity index (χ2v) is 5.52. The molecule has 0 saturated carbocycles. The van der Waals surface area contributed by atoms with Crippen molar-refractivity contribution in [2.24, 2.45) is 7.05 Å². The minimum Gasteiger partial charge on any atom is -0.340 e. The molecule has 0 saturated heterocycles. The molecule has 2 amide bonds. The Kier molecular flexibility index (Phi) is 4.79. The van der Waals surface area contributed by atoms with Gasteiger partial charge < -0.3 is 15.2 Å². The molecule has 0 atom stereocenters. The van der Waals surface area contributed by atoms with E-state index in [0.717, 1.165) is 15.7 Å². The number of hydrogen-bond donors (Lipinski definition) is 2. The van der Waals surface area contributed by atoms with Crippen LogP contribution in [0.4, 0.5) is 4.79 Å². The van der Waals surface area contributed by atoms with E-state index in [1.807, 2.05) is 42.9 Å². The van der Waals surface area contributed by atoms with Crippen molar-refractivity contribution in [3.8, 4) is 0 Å². The smallest absolute Gasteiger partial charge is 0.315 e. The Bertz CT molecular complexity index is 609. The lowest BCUT2D eigenvalue weighted by Crippen LogP contribution is -2.34. The minimum atomic E-state index is -0.205. The third-order valence-electron chi connectivity index (χ3n) is 2.83. The second kappa shape index (κ2) is 6.56. The minimum absolute atomic E-state index is 0.205. The number of carbonyl (C=O) groups excluding carboxylic acids is 1. The summed E-state index contributed by atoms with van der Waals surface area (Å²) in [6, 6.07) is 5.85. The van der Waals surface area contributed by atoms with Gasteiger partial charge in [0.15, 0.2) is 0 Å². The fourth-order valence-electron chi connectivity index (χ4n) is 1.81. The lowest BCUT2D eigenvalue weighted by Gasteiger charge is -2.09. The van der Waals surface area contributed by atoms with Gasteiger partial charge in [-0.3, -0.25) is 0 Å². The first-order valence-electron chi connectivity index (χ1n) is 6.28. The third kappa shape index (κ3) is 4.09. The van der Waals surface area contributed by atoms with E-state index in [4.69, 9.17) is 0 Å². The van der Waals surface area contributed by atoms with Crippen LogP contribution in [-0.2, 0) is 20.1 Å². The number of urea groups is 1. The summed E-state index contributed by atoms with van der Waals surface area (Å²) in [5, 5.41) is 5.60. The summed E-state index contributed by atoms with van der Waals surface area (Å²) in [5.41, 5.74) is 3.05. The fourth-order valence-corrected chi connectivity index (χ4v) is 2.19. The van der Waals surface area contributed by atoms with Crippen LogP contribution in [0.15, 0.2) is 35.2 Å². The molecule has 1 aromatic carbocycles. The highest BCUT2D eigenvalue weighted by atomic mass is 79.9. The first-order valence-corrected chi connectivity index (χ1v) is 7.07. The average molecular weight is 337 g/mol. The molecule has 1 heterocycles. The first kappa shape index (κ1) is 14.6. The normalized spacial score (nSPS) is 10.3. The van der Waals surface area contributed by atoms with Crippen molar-refractivity contribution in [1.82, 2.24) is 20.2 Å². The maximum absolute atomic E-state index is 11.7. The van der Waals surface area contributed by atoms with Crippen LogP contribution in [0.1, 0.15) is 16.8 Å². The molecule has 5 nitrogen and oxygen atoms in total. The fraction of sp³-hybridized carbons (Fsp3) is 0.286. The van der Waals surface area contributed by atoms with Gasteiger partial charge in [-0.05, 0) is 18.6 Å². The third-order valence-corrected chi connectivity index (χ3v) is 3.60. The summed E-state index contributed by atoms with van der Waals surface area (Å²) in [4.78, 5) is 15.9. The van der Waals surface area contributed by atoms with Gasteiger partial charge in [0, 0.05) is 24.3 Å². The van der Waals surface area contributed by atoms with Gasteiger partial charge in [0.1, 0.15) is 0 Å². The van der Waals surface area contributed by atoms with Crippen LogP contribution in [0.5, 0.6) is 0 Å². The average Bonchev–Trinajstić information content (AvgIpc) is 2.83. The Morgan fingerprint density at radius 2 is 2.10 bits per heavy atom. The summed E-state index contributed by atoms with van der Waals surface area (Å²) in [5.74, 6) is 0. The molecule has 0 radical (unpaired) electrons. The quantitative estimate of drug-likeness (QED) is 0.901. The molecule has 1 aromatic heterocycles. The van der Waals surface area contributed by atoms with Crippen LogP contribution < -0.4 is 10.6 Å². The number of nitrogens with zero attached hydrogens (tertiary/aromatic N) is 2. The number of aryl methyl sites for hydroxylation is 2. The van der Waals surface area contributed by atoms with Crippen molar-refractivity contribution in [1.29, 1.82) is 0 Å². The molecule has 6 heteroatoms. The molecule has 0 aliphatic carbocycles. The number of rotatable bonds is 4. The molecule has 2 aromatic rings. The number of aromatic nitrogens is 2. The molecule has 0 fully saturated rings. The van der Waals surface area contributed by atoms with Crippen molar-refractivity contribution >= 4 is 22.0 Å². The lowest BCUT2D eigenvalue weighted by atomic mass is 10.1. The van der Waals surface area contributed by atoms with E-state index < -0.39 is 0 Å². The standard InChI is InChI=1S/C14H17BrN4O/c1-10-3-4-13(15)11(5-10)6-16-14(20)17-7-12-8-19(2)9-18-12/h3-5,8-9H,6-7H2,1-2H3,(H2,16,17,20). The largest absolute Gasteiger partial charge is 0.340 e. The highest BCUT2D eigenvalue weighted by Crippen LogP contribution is 2.17. The highest BCUT2D eigenvalue weighted by molar-refractivity contribution is 9.10. The number of carbonyl (C=O) groups is 1. The van der Waals surface area contributed by atoms with Crippen LogP contribution in [-0.4, -0.2) is 15.6 Å². The van der Waals surface area contributed by atoms with Crippen LogP contribution in [0.3, 0.4) is 0 Å². The van der Waals surface area contributed by atoms with Gasteiger partial charge in [-0.25, -0.2) is 9.78 Å². The Morgan fingerprint density at radius 1 is 1.35 bits per heavy atom. The van der Waals surface area contributed by atoms with Crippen LogP contribution in [0.25, 0.3) is 0 Å². The van der Waals surface area contributed by atoms with Gasteiger partial charge in [-0.15, -0.1) is 0 Å². The van der Waals surface area contributed by atoms with Gasteiger partial charge in [0.2, 0.25) is 0 Å². The number of nitrogens with one attached hydrogen (secondary N) is 2. The second-order valence-electron chi connectivity index (χ2n) is 4.66. The van der Waals surface area contributed by atoms with E-state index in [0.29, 0.717) is 13.1 Å². The van der Waals surface area contributed by atoms with Crippen LogP contribution >= 0.6 is 15.9 Å². The molecule has 0 spiro atoms. The molecule has 0 bridgehead atoms. The Hall–Kier alpha value is -1.82. The first-order chi connectivity index (χ1) is 9.54. The molecule has 106 valence electrons. The summed E-state index contributed by atoms with van der Waals surface area (Å²) in [6.45, 7) is 2.93. The molecule has 2 rings (SSSR count). The monoisotopic (exact) mass is 336 g/mol. The molecule has 0 aliphatic rings. The molecule has 20 heavy (non-hydrogen) atoms. The van der Waals surface area contributed by atoms with E-state index in [9.17, 15) is 4.79 Å². The lowest BCUT2D eigenvalue weighted by molar-refractivity contribution is 0.240. The van der Waals surface area contributed by atoms with Gasteiger partial charge in [-0.2, -0.15) is 0 Å². The van der Waals surface area contributed by atoms with E-state index in [1.54, 1.807) is 6.33 Å². The topological polar surface area (TPSA) is 59.0 Å². The SMILES string of the molecule is Cc1ccc(Br)c(CNC(=O)NCc2cn(C)cn2)c1. The zero-order valence-electron chi connectivity index (χ0n) is 11.5. The van der Waals surface area contributed by atoms with E-state index in [2.05, 4.69) is 31.5 Å². The number of imidazole rings is 1. The van der Waals surface area contributed by atoms with Crippen LogP contribution in [0.2, 0.25) is 0 Å². The highest BCUT2D eigenvalue weighted by Gasteiger charge is 2.04. The molecule has 2 N–H and O–H groups in total. The van der Waals surface area contributed by atoms with Gasteiger partial charge >= 0.3 is 6.03 Å². The van der Waals surface area contributed by atoms with Crippen molar-refractivity contribution in [2.75, 3.05) is 0 Å².